The number of nitrogens with zero attached hydrogens (tertiary/aromatic N) is 4. The highest BCUT2D eigenvalue weighted by Crippen LogP contribution is 2.45. The number of aryl methyl sites for hydroxylation is 1. The summed E-state index contributed by atoms with van der Waals surface area (Å²) >= 11 is 6.36. The zero-order valence-electron chi connectivity index (χ0n) is 21.0. The molecule has 1 aliphatic carbocycles. The Balaban J connectivity index is 1.55. The van der Waals surface area contributed by atoms with Crippen molar-refractivity contribution in [3.63, 3.8) is 0 Å². The molecule has 12 heteroatoms. The van der Waals surface area contributed by atoms with E-state index in [-0.39, 0.29) is 22.4 Å². The van der Waals surface area contributed by atoms with Crippen LogP contribution in [0.5, 0.6) is 5.75 Å². The molecular formula is C25H29ClF2N6O3. The number of rotatable bonds is 6. The van der Waals surface area contributed by atoms with Gasteiger partial charge in [0.25, 0.3) is 5.56 Å². The number of fused-ring (bicyclic) bond motifs is 3. The second-order valence-electron chi connectivity index (χ2n) is 10.5. The zero-order valence-corrected chi connectivity index (χ0v) is 21.7. The van der Waals surface area contributed by atoms with Gasteiger partial charge < -0.3 is 29.9 Å². The van der Waals surface area contributed by atoms with Crippen LogP contribution in [0.2, 0.25) is 5.02 Å². The van der Waals surface area contributed by atoms with Crippen molar-refractivity contribution in [2.75, 3.05) is 35.7 Å². The fraction of sp³-hybridized carbons (Fsp3) is 0.480. The monoisotopic (exact) mass is 534 g/mol. The highest BCUT2D eigenvalue weighted by Gasteiger charge is 2.51. The van der Waals surface area contributed by atoms with E-state index in [4.69, 9.17) is 16.3 Å². The lowest BCUT2D eigenvalue weighted by atomic mass is 10.0. The molecule has 3 N–H and O–H groups in total. The van der Waals surface area contributed by atoms with Crippen LogP contribution in [0, 0.1) is 5.92 Å². The second-order valence-corrected chi connectivity index (χ2v) is 10.9. The van der Waals surface area contributed by atoms with Crippen LogP contribution in [-0.4, -0.2) is 57.4 Å². The Morgan fingerprint density at radius 3 is 2.78 bits per heavy atom. The van der Waals surface area contributed by atoms with E-state index in [9.17, 15) is 18.7 Å². The maximum absolute atomic E-state index is 14.9. The second kappa shape index (κ2) is 8.98. The van der Waals surface area contributed by atoms with E-state index in [1.54, 1.807) is 51.0 Å². The van der Waals surface area contributed by atoms with Gasteiger partial charge in [0.15, 0.2) is 12.4 Å². The smallest absolute Gasteiger partial charge is 0.301 e. The van der Waals surface area contributed by atoms with Crippen LogP contribution in [0.25, 0.3) is 10.9 Å². The number of aliphatic hydroxyl groups is 1. The zero-order chi connectivity index (χ0) is 26.7. The molecule has 0 spiro atoms. The van der Waals surface area contributed by atoms with Gasteiger partial charge in [-0.05, 0) is 50.8 Å². The molecule has 9 nitrogen and oxygen atoms in total. The minimum absolute atomic E-state index is 0.120. The SMILES string of the molecule is CN(CC(C)(C)O)c1ncc(Cl)c(Nc2ccc3c(c2)c2c(c(=O)n3C)OCC(F)(F)C(C3CC3)N2)n1. The molecule has 37 heavy (non-hydrogen) atoms. The molecular weight excluding hydrogens is 506 g/mol. The van der Waals surface area contributed by atoms with Crippen LogP contribution in [-0.2, 0) is 7.05 Å². The van der Waals surface area contributed by atoms with Crippen molar-refractivity contribution in [2.24, 2.45) is 13.0 Å². The summed E-state index contributed by atoms with van der Waals surface area (Å²) in [5.74, 6) is -2.73. The number of pyridine rings is 1. The van der Waals surface area contributed by atoms with E-state index in [1.165, 1.54) is 10.8 Å². The minimum Gasteiger partial charge on any atom is -0.480 e. The van der Waals surface area contributed by atoms with Crippen molar-refractivity contribution in [3.8, 4) is 5.75 Å². The van der Waals surface area contributed by atoms with E-state index in [0.717, 1.165) is 0 Å². The maximum atomic E-state index is 14.9. The number of aromatic nitrogens is 3. The molecule has 2 aliphatic rings. The molecule has 0 amide bonds. The Hall–Kier alpha value is -3.18. The number of hydrogen-bond acceptors (Lipinski definition) is 8. The maximum Gasteiger partial charge on any atom is 0.301 e. The van der Waals surface area contributed by atoms with Gasteiger partial charge in [-0.15, -0.1) is 0 Å². The molecule has 3 heterocycles. The number of hydrogen-bond donors (Lipinski definition) is 3. The fourth-order valence-corrected chi connectivity index (χ4v) is 4.84. The lowest BCUT2D eigenvalue weighted by Crippen LogP contribution is -2.44. The summed E-state index contributed by atoms with van der Waals surface area (Å²) in [6.45, 7) is 2.81. The molecule has 5 rings (SSSR count). The summed E-state index contributed by atoms with van der Waals surface area (Å²) in [6, 6.07) is 4.10. The Kier molecular flexibility index (Phi) is 6.18. The van der Waals surface area contributed by atoms with Crippen molar-refractivity contribution < 1.29 is 18.6 Å². The molecule has 3 aromatic rings. The largest absolute Gasteiger partial charge is 0.480 e. The molecule has 0 radical (unpaired) electrons. The number of benzene rings is 1. The first-order valence-corrected chi connectivity index (χ1v) is 12.4. The number of alkyl halides is 2. The summed E-state index contributed by atoms with van der Waals surface area (Å²) in [4.78, 5) is 23.4. The van der Waals surface area contributed by atoms with Gasteiger partial charge in [0.2, 0.25) is 11.7 Å². The summed E-state index contributed by atoms with van der Waals surface area (Å²) in [5.41, 5.74) is -0.0476. The van der Waals surface area contributed by atoms with Gasteiger partial charge in [-0.25, -0.2) is 13.8 Å². The summed E-state index contributed by atoms with van der Waals surface area (Å²) in [5, 5.41) is 17.1. The van der Waals surface area contributed by atoms with Crippen molar-refractivity contribution in [2.45, 2.75) is 44.3 Å². The predicted octanol–water partition coefficient (Wildman–Crippen LogP) is 4.15. The van der Waals surface area contributed by atoms with E-state index in [0.29, 0.717) is 47.7 Å². The third-order valence-corrected chi connectivity index (χ3v) is 6.85. The first kappa shape index (κ1) is 25.5. The standard InChI is InChI=1S/C25H29ClF2N6O3/c1-24(2,36)11-33(3)23-29-10-16(26)21(32-23)30-14-7-8-17-15(9-14)18-19(22(35)34(17)4)37-12-25(27,28)20(31-18)13-5-6-13/h7-10,13,20,31,36H,5-6,11-12H2,1-4H3,(H,29,30,32). The van der Waals surface area contributed by atoms with Crippen molar-refractivity contribution in [1.82, 2.24) is 14.5 Å². The van der Waals surface area contributed by atoms with Gasteiger partial charge in [-0.3, -0.25) is 4.79 Å². The molecule has 1 unspecified atom stereocenters. The Labute approximate surface area is 217 Å². The number of nitrogens with one attached hydrogen (secondary N) is 2. The van der Waals surface area contributed by atoms with Gasteiger partial charge in [-0.2, -0.15) is 4.98 Å². The van der Waals surface area contributed by atoms with Crippen LogP contribution in [0.1, 0.15) is 26.7 Å². The lowest BCUT2D eigenvalue weighted by Gasteiger charge is -2.26. The topological polar surface area (TPSA) is 105 Å². The summed E-state index contributed by atoms with van der Waals surface area (Å²) in [7, 11) is 3.34. The van der Waals surface area contributed by atoms with Gasteiger partial charge in [0, 0.05) is 31.7 Å². The molecule has 1 atom stereocenters. The van der Waals surface area contributed by atoms with Gasteiger partial charge in [-0.1, -0.05) is 11.6 Å². The van der Waals surface area contributed by atoms with E-state index in [1.807, 2.05) is 0 Å². The molecule has 1 fully saturated rings. The summed E-state index contributed by atoms with van der Waals surface area (Å²) in [6.07, 6.45) is 2.87. The Morgan fingerprint density at radius 2 is 2.11 bits per heavy atom. The minimum atomic E-state index is -3.12. The number of likely N-dealkylation sites (N-methyl/N-ethyl adjacent to an activating group) is 1. The first-order valence-electron chi connectivity index (χ1n) is 12.0. The third-order valence-electron chi connectivity index (χ3n) is 6.57. The van der Waals surface area contributed by atoms with E-state index in [2.05, 4.69) is 20.6 Å². The van der Waals surface area contributed by atoms with Crippen molar-refractivity contribution >= 4 is 45.6 Å². The molecule has 0 saturated heterocycles. The number of halogens is 3. The quantitative estimate of drug-likeness (QED) is 0.433. The normalized spacial score (nSPS) is 19.0. The molecule has 1 saturated carbocycles. The number of ether oxygens (including phenoxy) is 1. The molecule has 1 aromatic carbocycles. The Bertz CT molecular complexity index is 1420. The number of anilines is 4. The van der Waals surface area contributed by atoms with Crippen molar-refractivity contribution in [3.05, 3.63) is 39.8 Å². The van der Waals surface area contributed by atoms with Crippen LogP contribution in [0.4, 0.5) is 31.9 Å². The molecule has 1 aliphatic heterocycles. The highest BCUT2D eigenvalue weighted by atomic mass is 35.5. The van der Waals surface area contributed by atoms with Crippen molar-refractivity contribution in [1.29, 1.82) is 0 Å². The highest BCUT2D eigenvalue weighted by molar-refractivity contribution is 6.32. The average molecular weight is 535 g/mol. The van der Waals surface area contributed by atoms with Crippen LogP contribution in [0.3, 0.4) is 0 Å². The molecule has 198 valence electrons. The van der Waals surface area contributed by atoms with E-state index < -0.39 is 29.7 Å². The van der Waals surface area contributed by atoms with Crippen LogP contribution >= 0.6 is 11.6 Å². The Morgan fingerprint density at radius 1 is 1.38 bits per heavy atom. The van der Waals surface area contributed by atoms with Gasteiger partial charge >= 0.3 is 5.92 Å². The van der Waals surface area contributed by atoms with Crippen LogP contribution in [0.15, 0.2) is 29.2 Å². The third kappa shape index (κ3) is 5.02. The molecule has 2 aromatic heterocycles. The summed E-state index contributed by atoms with van der Waals surface area (Å²) < 4.78 is 36.6. The fourth-order valence-electron chi connectivity index (χ4n) is 4.70. The lowest BCUT2D eigenvalue weighted by molar-refractivity contribution is -0.0579. The average Bonchev–Trinajstić information content (AvgIpc) is 3.65. The molecule has 0 bridgehead atoms. The van der Waals surface area contributed by atoms with Crippen LogP contribution < -0.4 is 25.8 Å². The predicted molar refractivity (Wildman–Crippen MR) is 140 cm³/mol. The first-order chi connectivity index (χ1) is 17.3. The van der Waals surface area contributed by atoms with Gasteiger partial charge in [0.1, 0.15) is 5.02 Å². The van der Waals surface area contributed by atoms with E-state index >= 15 is 0 Å². The van der Waals surface area contributed by atoms with Gasteiger partial charge in [0.05, 0.1) is 29.0 Å².